The Balaban J connectivity index is 1.66. The molecule has 2 aromatic carbocycles. The topological polar surface area (TPSA) is 104 Å². The van der Waals surface area contributed by atoms with E-state index in [2.05, 4.69) is 0 Å². The van der Waals surface area contributed by atoms with Crippen LogP contribution in [0.3, 0.4) is 0 Å². The van der Waals surface area contributed by atoms with Gasteiger partial charge in [-0.3, -0.25) is 9.59 Å². The van der Waals surface area contributed by atoms with Crippen molar-refractivity contribution in [2.45, 2.75) is 44.4 Å². The van der Waals surface area contributed by atoms with Crippen molar-refractivity contribution in [3.05, 3.63) is 52.6 Å². The summed E-state index contributed by atoms with van der Waals surface area (Å²) < 4.78 is 28.1. The van der Waals surface area contributed by atoms with E-state index in [9.17, 15) is 14.7 Å². The first kappa shape index (κ1) is 25.0. The van der Waals surface area contributed by atoms with Gasteiger partial charge in [-0.15, -0.1) is 0 Å². The summed E-state index contributed by atoms with van der Waals surface area (Å²) in [5, 5.41) is 11.5. The number of aliphatic hydroxyl groups is 1. The lowest BCUT2D eigenvalue weighted by atomic mass is 9.93. The number of carbonyl (C=O) groups is 2. The Labute approximate surface area is 215 Å². The van der Waals surface area contributed by atoms with Gasteiger partial charge >= 0.3 is 0 Å². The minimum absolute atomic E-state index is 0.00387. The fourth-order valence-corrected chi connectivity index (χ4v) is 5.41. The van der Waals surface area contributed by atoms with Crippen LogP contribution in [0.2, 0.25) is 0 Å². The molecule has 0 spiro atoms. The number of likely N-dealkylation sites (tertiary alicyclic amines) is 1. The zero-order valence-corrected chi connectivity index (χ0v) is 21.4. The first-order chi connectivity index (χ1) is 17.9. The van der Waals surface area contributed by atoms with Crippen molar-refractivity contribution < 1.29 is 38.4 Å². The highest BCUT2D eigenvalue weighted by Crippen LogP contribution is 2.46. The van der Waals surface area contributed by atoms with Gasteiger partial charge in [-0.05, 0) is 61.2 Å². The summed E-state index contributed by atoms with van der Waals surface area (Å²) in [5.74, 6) is 0.218. The molecule has 2 aromatic rings. The second kappa shape index (κ2) is 9.97. The molecular formula is C28H31NO8. The third-order valence-electron chi connectivity index (χ3n) is 7.14. The largest absolute Gasteiger partial charge is 0.507 e. The second-order valence-corrected chi connectivity index (χ2v) is 9.50. The van der Waals surface area contributed by atoms with E-state index in [1.54, 1.807) is 24.3 Å². The first-order valence-corrected chi connectivity index (χ1v) is 12.4. The highest BCUT2D eigenvalue weighted by atomic mass is 16.5. The van der Waals surface area contributed by atoms with E-state index in [4.69, 9.17) is 23.7 Å². The summed E-state index contributed by atoms with van der Waals surface area (Å²) >= 11 is 0. The Morgan fingerprint density at radius 1 is 1.08 bits per heavy atom. The quantitative estimate of drug-likeness (QED) is 0.343. The van der Waals surface area contributed by atoms with Crippen LogP contribution in [0.5, 0.6) is 23.0 Å². The molecule has 37 heavy (non-hydrogen) atoms. The number of nitrogens with zero attached hydrogens (tertiary/aromatic N) is 1. The molecule has 3 heterocycles. The van der Waals surface area contributed by atoms with Gasteiger partial charge in [0, 0.05) is 25.1 Å². The van der Waals surface area contributed by atoms with Gasteiger partial charge in [-0.25, -0.2) is 0 Å². The molecule has 2 saturated heterocycles. The summed E-state index contributed by atoms with van der Waals surface area (Å²) in [6, 6.07) is 7.82. The fourth-order valence-electron chi connectivity index (χ4n) is 5.41. The molecule has 3 aliphatic heterocycles. The van der Waals surface area contributed by atoms with E-state index >= 15 is 0 Å². The number of rotatable bonds is 7. The van der Waals surface area contributed by atoms with Crippen molar-refractivity contribution in [1.29, 1.82) is 0 Å². The number of hydrogen-bond acceptors (Lipinski definition) is 8. The number of fused-ring (bicyclic) bond motifs is 1. The number of ketones is 1. The lowest BCUT2D eigenvalue weighted by molar-refractivity contribution is -0.140. The number of aliphatic hydroxyl groups excluding tert-OH is 1. The Bertz CT molecular complexity index is 1240. The number of benzene rings is 2. The van der Waals surface area contributed by atoms with E-state index in [0.717, 1.165) is 24.2 Å². The maximum absolute atomic E-state index is 13.4. The molecule has 1 amide bonds. The van der Waals surface area contributed by atoms with Crippen LogP contribution >= 0.6 is 0 Å². The third kappa shape index (κ3) is 4.37. The molecule has 9 heteroatoms. The zero-order valence-electron chi connectivity index (χ0n) is 21.4. The standard InChI is InChI=1S/C28H31NO8/c1-15-10-17-11-16(7-8-20(17)37-15)25(30)23-24(18-12-21(33-2)27(35-4)22(13-18)34-3)29(28(32)26(23)31)14-19-6-5-9-36-19/h7-8,11-13,15,19,24,30H,5-6,9-10,14H2,1-4H3. The maximum Gasteiger partial charge on any atom is 0.295 e. The molecule has 0 aliphatic carbocycles. The molecule has 5 rings (SSSR count). The minimum atomic E-state index is -0.874. The Morgan fingerprint density at radius 2 is 1.81 bits per heavy atom. The molecule has 9 nitrogen and oxygen atoms in total. The number of ether oxygens (including phenoxy) is 5. The summed E-state index contributed by atoms with van der Waals surface area (Å²) in [6.45, 7) is 2.80. The van der Waals surface area contributed by atoms with Crippen LogP contribution in [-0.4, -0.2) is 68.4 Å². The van der Waals surface area contributed by atoms with Gasteiger partial charge in [0.2, 0.25) is 5.75 Å². The molecule has 3 atom stereocenters. The molecule has 0 aromatic heterocycles. The Kier molecular flexibility index (Phi) is 6.72. The maximum atomic E-state index is 13.4. The monoisotopic (exact) mass is 509 g/mol. The molecule has 0 radical (unpaired) electrons. The van der Waals surface area contributed by atoms with Gasteiger partial charge < -0.3 is 33.7 Å². The number of methoxy groups -OCH3 is 3. The highest BCUT2D eigenvalue weighted by molar-refractivity contribution is 6.46. The molecule has 3 aliphatic rings. The van der Waals surface area contributed by atoms with Gasteiger partial charge in [0.05, 0.1) is 39.0 Å². The minimum Gasteiger partial charge on any atom is -0.507 e. The molecule has 0 saturated carbocycles. The average molecular weight is 510 g/mol. The molecule has 196 valence electrons. The van der Waals surface area contributed by atoms with E-state index < -0.39 is 17.7 Å². The molecule has 3 unspecified atom stereocenters. The molecule has 0 bridgehead atoms. The Hall–Kier alpha value is -3.72. The zero-order chi connectivity index (χ0) is 26.3. The average Bonchev–Trinajstić information content (AvgIpc) is 3.61. The molecule has 2 fully saturated rings. The van der Waals surface area contributed by atoms with Gasteiger partial charge in [0.1, 0.15) is 17.6 Å². The van der Waals surface area contributed by atoms with Crippen LogP contribution in [0.4, 0.5) is 0 Å². The van der Waals surface area contributed by atoms with E-state index in [0.29, 0.717) is 41.4 Å². The summed E-state index contributed by atoms with van der Waals surface area (Å²) in [5.41, 5.74) is 1.94. The SMILES string of the molecule is COc1cc(C2C(=C(O)c3ccc4c(c3)CC(C)O4)C(=O)C(=O)N2CC2CCCO2)cc(OC)c1OC. The van der Waals surface area contributed by atoms with Crippen molar-refractivity contribution in [3.8, 4) is 23.0 Å². The number of Topliss-reactive ketones (excluding diaryl/α,β-unsaturated/α-hetero) is 1. The van der Waals surface area contributed by atoms with Crippen LogP contribution in [0.15, 0.2) is 35.9 Å². The van der Waals surface area contributed by atoms with Crippen molar-refractivity contribution in [2.75, 3.05) is 34.5 Å². The lowest BCUT2D eigenvalue weighted by Gasteiger charge is -2.28. The van der Waals surface area contributed by atoms with Gasteiger partial charge in [0.25, 0.3) is 11.7 Å². The van der Waals surface area contributed by atoms with E-state index in [1.165, 1.54) is 26.2 Å². The Morgan fingerprint density at radius 3 is 2.43 bits per heavy atom. The molecule has 1 N–H and O–H groups in total. The van der Waals surface area contributed by atoms with Crippen molar-refractivity contribution in [1.82, 2.24) is 4.90 Å². The summed E-state index contributed by atoms with van der Waals surface area (Å²) in [4.78, 5) is 28.3. The van der Waals surface area contributed by atoms with Gasteiger partial charge in [0.15, 0.2) is 11.5 Å². The smallest absolute Gasteiger partial charge is 0.295 e. The third-order valence-corrected chi connectivity index (χ3v) is 7.14. The van der Waals surface area contributed by atoms with E-state index in [1.807, 2.05) is 13.0 Å². The van der Waals surface area contributed by atoms with Crippen LogP contribution in [0.25, 0.3) is 5.76 Å². The van der Waals surface area contributed by atoms with Crippen molar-refractivity contribution in [2.24, 2.45) is 0 Å². The second-order valence-electron chi connectivity index (χ2n) is 9.50. The number of carbonyl (C=O) groups excluding carboxylic acids is 2. The van der Waals surface area contributed by atoms with E-state index in [-0.39, 0.29) is 30.1 Å². The highest BCUT2D eigenvalue weighted by Gasteiger charge is 2.47. The van der Waals surface area contributed by atoms with Crippen LogP contribution in [-0.2, 0) is 20.7 Å². The van der Waals surface area contributed by atoms with Gasteiger partial charge in [-0.2, -0.15) is 0 Å². The fraction of sp³-hybridized carbons (Fsp3) is 0.429. The van der Waals surface area contributed by atoms with Crippen molar-refractivity contribution >= 4 is 17.4 Å². The number of amides is 1. The summed E-state index contributed by atoms with van der Waals surface area (Å²) in [6.07, 6.45) is 2.21. The van der Waals surface area contributed by atoms with Crippen LogP contribution in [0.1, 0.15) is 42.5 Å². The normalized spacial score (nSPS) is 24.2. The molecular weight excluding hydrogens is 478 g/mol. The number of hydrogen-bond donors (Lipinski definition) is 1. The van der Waals surface area contributed by atoms with Crippen molar-refractivity contribution in [3.63, 3.8) is 0 Å². The first-order valence-electron chi connectivity index (χ1n) is 12.4. The van der Waals surface area contributed by atoms with Crippen LogP contribution < -0.4 is 18.9 Å². The summed E-state index contributed by atoms with van der Waals surface area (Å²) in [7, 11) is 4.50. The predicted octanol–water partition coefficient (Wildman–Crippen LogP) is 3.64. The lowest BCUT2D eigenvalue weighted by Crippen LogP contribution is -2.36. The van der Waals surface area contributed by atoms with Crippen LogP contribution in [0, 0.1) is 0 Å². The predicted molar refractivity (Wildman–Crippen MR) is 134 cm³/mol. The van der Waals surface area contributed by atoms with Gasteiger partial charge in [-0.1, -0.05) is 0 Å².